The van der Waals surface area contributed by atoms with E-state index in [0.717, 1.165) is 13.8 Å². The molecule has 0 aromatic heterocycles. The molecule has 0 bridgehead atoms. The van der Waals surface area contributed by atoms with Crippen LogP contribution in [0.5, 0.6) is 11.5 Å². The summed E-state index contributed by atoms with van der Waals surface area (Å²) in [7, 11) is 0. The number of nitrogens with one attached hydrogen (secondary N) is 15. The molecule has 1 aliphatic heterocycles. The number of carboxylic acids is 3. The third kappa shape index (κ3) is 39.4. The van der Waals surface area contributed by atoms with Gasteiger partial charge in [-0.1, -0.05) is 95.1 Å². The number of hydrogen-bond donors (Lipinski definition) is 25. The molecule has 0 spiro atoms. The third-order valence-corrected chi connectivity index (χ3v) is 20.2. The molecule has 712 valence electrons. The predicted molar refractivity (Wildman–Crippen MR) is 453 cm³/mol. The fourth-order valence-corrected chi connectivity index (χ4v) is 12.8. The van der Waals surface area contributed by atoms with Crippen LogP contribution < -0.4 is 85.5 Å². The van der Waals surface area contributed by atoms with E-state index in [1.54, 1.807) is 45.9 Å². The number of unbranched alkanes of at least 4 members (excludes halogenated alkanes) is 1. The highest BCUT2D eigenvalue weighted by molar-refractivity contribution is 6.01. The maximum absolute atomic E-state index is 14.7. The lowest BCUT2D eigenvalue weighted by atomic mass is 9.96. The molecule has 3 aromatic carbocycles. The number of aliphatic carboxylic acids is 3. The highest BCUT2D eigenvalue weighted by Crippen LogP contribution is 2.18. The number of aliphatic hydroxyl groups is 4. The standard InChI is InChI=1S/C83H121N17O29/c1-8-44(4)69(81(126)93-56(35-50-19-23-52(106)24-20-50)75(120)89-54(32-43(2)3)74(119)91-58(36-67(113)114)73(118)87-45(5)14-12-13-28-84)98-80(125)61(41-102)95-76(121)55(34-49-17-21-51(105)22-18-49)90-77(122)59(37-68(115)116)92-79(124)60(40-101)96-83(128)71(47(7)104)99-78(123)57(33-48-15-10-9-11-16-48)94-82(127)70(46(6)103)97-63(108)38-86-72(117)53(25-26-66(111)112)88-62(107)27-29-85-64(109)39-100-30-31-129-42-65(100)110/h9-11,15-24,43-47,53-61,69-71,101-106H,8,12-14,25-42,84H2,1-7H3,(H,85,109)(H,86,117)(H,87,118)(H,88,107)(H,89,120)(H,90,122)(H,91,119)(H,92,124)(H,93,126)(H,94,127)(H,95,121)(H,96,128)(H,97,108)(H,98,125)(H,99,123)(H,111,112)(H,113,114)(H,115,116)/t44-,45+,46+,47+,53-,54-,55-,56-,57-,58-,59-,60-,61-,69-,70-,71-/m0/s1. The highest BCUT2D eigenvalue weighted by atomic mass is 16.5. The number of amides is 16. The number of benzene rings is 3. The molecule has 0 aliphatic carbocycles. The molecule has 1 fully saturated rings. The van der Waals surface area contributed by atoms with Crippen molar-refractivity contribution in [3.05, 3.63) is 95.6 Å². The number of carbonyl (C=O) groups is 19. The largest absolute Gasteiger partial charge is 0.508 e. The third-order valence-electron chi connectivity index (χ3n) is 20.2. The average Bonchev–Trinajstić information content (AvgIpc) is 0.836. The molecule has 3 aromatic rings. The zero-order chi connectivity index (χ0) is 96.3. The SMILES string of the molecule is CC[C@H](C)[C@H](NC(=O)[C@H](CO)NC(=O)[C@H](Cc1ccc(O)cc1)NC(=O)[C@H](CC(=O)O)NC(=O)[C@H](CO)NC(=O)[C@@H](NC(=O)[C@H](Cc1ccccc1)NC(=O)[C@@H](NC(=O)CNC(=O)[C@H](CCC(=O)O)NC(=O)CCNC(=O)CN1CCOCC1=O)[C@@H](C)O)[C@@H](C)O)C(=O)N[C@@H](Cc1ccc(O)cc1)C(=O)N[C@@H](CC(C)C)C(=O)N[C@@H](CC(=O)O)C(=O)N[C@H](C)CCCCN. The van der Waals surface area contributed by atoms with E-state index in [1.165, 1.54) is 72.5 Å². The van der Waals surface area contributed by atoms with E-state index in [4.69, 9.17) is 10.5 Å². The second-order valence-electron chi connectivity index (χ2n) is 31.4. The van der Waals surface area contributed by atoms with Crippen molar-refractivity contribution in [1.82, 2.24) is 84.7 Å². The molecule has 0 saturated carbocycles. The van der Waals surface area contributed by atoms with Crippen molar-refractivity contribution in [2.24, 2.45) is 17.6 Å². The van der Waals surface area contributed by atoms with Crippen LogP contribution in [0.15, 0.2) is 78.9 Å². The van der Waals surface area contributed by atoms with Crippen LogP contribution in [0, 0.1) is 11.8 Å². The zero-order valence-corrected chi connectivity index (χ0v) is 72.6. The van der Waals surface area contributed by atoms with E-state index in [-0.39, 0.29) is 75.1 Å². The van der Waals surface area contributed by atoms with Crippen molar-refractivity contribution in [1.29, 1.82) is 0 Å². The maximum Gasteiger partial charge on any atom is 0.305 e. The Balaban J connectivity index is 1.54. The van der Waals surface area contributed by atoms with Crippen molar-refractivity contribution in [3.8, 4) is 11.5 Å². The normalized spacial score (nSPS) is 15.6. The average molecular weight is 1820 g/mol. The first-order chi connectivity index (χ1) is 60.9. The highest BCUT2D eigenvalue weighted by Gasteiger charge is 2.40. The molecule has 1 aliphatic rings. The second-order valence-corrected chi connectivity index (χ2v) is 31.4. The van der Waals surface area contributed by atoms with Gasteiger partial charge in [-0.2, -0.15) is 0 Å². The number of aromatic hydroxyl groups is 2. The van der Waals surface area contributed by atoms with Crippen LogP contribution in [0.3, 0.4) is 0 Å². The molecule has 0 unspecified atom stereocenters. The molecule has 4 rings (SSSR count). The van der Waals surface area contributed by atoms with Crippen molar-refractivity contribution < 1.29 is 142 Å². The van der Waals surface area contributed by atoms with Gasteiger partial charge in [-0.3, -0.25) is 91.1 Å². The molecule has 0 radical (unpaired) electrons. The van der Waals surface area contributed by atoms with Gasteiger partial charge in [0.1, 0.15) is 90.6 Å². The maximum atomic E-state index is 14.7. The number of carbonyl (C=O) groups excluding carboxylic acids is 16. The fraction of sp³-hybridized carbons (Fsp3) is 0.554. The minimum Gasteiger partial charge on any atom is -0.508 e. The van der Waals surface area contributed by atoms with Gasteiger partial charge in [0.05, 0.1) is 58.0 Å². The van der Waals surface area contributed by atoms with Crippen LogP contribution in [-0.2, 0) is 115 Å². The summed E-state index contributed by atoms with van der Waals surface area (Å²) < 4.78 is 5.03. The quantitative estimate of drug-likeness (QED) is 0.0234. The summed E-state index contributed by atoms with van der Waals surface area (Å²) >= 11 is 0. The molecule has 26 N–H and O–H groups in total. The number of phenols is 2. The number of aliphatic hydroxyl groups excluding tert-OH is 4. The Labute approximate surface area is 742 Å². The molecule has 16 atom stereocenters. The Morgan fingerprint density at radius 2 is 0.845 bits per heavy atom. The molecular weight excluding hydrogens is 1700 g/mol. The molecule has 1 heterocycles. The van der Waals surface area contributed by atoms with E-state index in [0.29, 0.717) is 36.9 Å². The van der Waals surface area contributed by atoms with E-state index in [2.05, 4.69) is 79.8 Å². The number of nitrogens with two attached hydrogens (primary N) is 1. The number of rotatable bonds is 57. The van der Waals surface area contributed by atoms with Gasteiger partial charge in [-0.25, -0.2) is 0 Å². The van der Waals surface area contributed by atoms with Crippen molar-refractivity contribution in [2.75, 3.05) is 59.2 Å². The van der Waals surface area contributed by atoms with Crippen LogP contribution >= 0.6 is 0 Å². The molecule has 1 saturated heterocycles. The second kappa shape index (κ2) is 55.5. The fourth-order valence-electron chi connectivity index (χ4n) is 12.8. The Bertz CT molecular complexity index is 4320. The van der Waals surface area contributed by atoms with Crippen molar-refractivity contribution in [3.63, 3.8) is 0 Å². The summed E-state index contributed by atoms with van der Waals surface area (Å²) in [6, 6.07) is -4.33. The Morgan fingerprint density at radius 1 is 0.426 bits per heavy atom. The Hall–Kier alpha value is -13.0. The van der Waals surface area contributed by atoms with E-state index >= 15 is 0 Å². The first kappa shape index (κ1) is 108. The molecular formula is C83H121N17O29. The van der Waals surface area contributed by atoms with Crippen LogP contribution in [0.1, 0.15) is 129 Å². The van der Waals surface area contributed by atoms with Gasteiger partial charge in [-0.05, 0) is 106 Å². The Morgan fingerprint density at radius 3 is 1.32 bits per heavy atom. The lowest BCUT2D eigenvalue weighted by Crippen LogP contribution is -2.63. The predicted octanol–water partition coefficient (Wildman–Crippen LogP) is -7.29. The van der Waals surface area contributed by atoms with Gasteiger partial charge >= 0.3 is 17.9 Å². The number of carboxylic acid groups (broad SMARTS) is 3. The summed E-state index contributed by atoms with van der Waals surface area (Å²) in [5.74, 6) is -23.5. The topological polar surface area (TPSA) is 725 Å². The number of morpholine rings is 1. The lowest BCUT2D eigenvalue weighted by molar-refractivity contribution is -0.145. The van der Waals surface area contributed by atoms with Gasteiger partial charge in [-0.15, -0.1) is 0 Å². The van der Waals surface area contributed by atoms with E-state index in [1.807, 2.05) is 0 Å². The smallest absolute Gasteiger partial charge is 0.305 e. The minimum atomic E-state index is -2.23. The zero-order valence-electron chi connectivity index (χ0n) is 72.6. The lowest BCUT2D eigenvalue weighted by Gasteiger charge is -2.30. The summed E-state index contributed by atoms with van der Waals surface area (Å²) in [6.45, 7) is 6.74. The number of nitrogens with zero attached hydrogens (tertiary/aromatic N) is 1. The number of phenolic OH excluding ortho intramolecular Hbond substituents is 2. The van der Waals surface area contributed by atoms with Crippen LogP contribution in [-0.4, -0.2) is 313 Å². The van der Waals surface area contributed by atoms with Gasteiger partial charge < -0.3 is 141 Å². The molecule has 46 heteroatoms. The summed E-state index contributed by atoms with van der Waals surface area (Å²) in [5.41, 5.74) is 6.49. The Kier molecular flexibility index (Phi) is 46.6. The van der Waals surface area contributed by atoms with Gasteiger partial charge in [0.2, 0.25) is 94.5 Å². The van der Waals surface area contributed by atoms with Gasteiger partial charge in [0.15, 0.2) is 0 Å². The molecule has 129 heavy (non-hydrogen) atoms. The van der Waals surface area contributed by atoms with Gasteiger partial charge in [0.25, 0.3) is 0 Å². The minimum absolute atomic E-state index is 0.0794. The monoisotopic (exact) mass is 1820 g/mol. The van der Waals surface area contributed by atoms with Crippen molar-refractivity contribution >= 4 is 112 Å². The molecule has 16 amide bonds. The van der Waals surface area contributed by atoms with Crippen molar-refractivity contribution in [2.45, 2.75) is 223 Å². The van der Waals surface area contributed by atoms with Gasteiger partial charge in [0, 0.05) is 51.2 Å². The van der Waals surface area contributed by atoms with Crippen LogP contribution in [0.25, 0.3) is 0 Å². The summed E-state index contributed by atoms with van der Waals surface area (Å²) in [4.78, 5) is 258. The summed E-state index contributed by atoms with van der Waals surface area (Å²) in [6.07, 6.45) is -6.82. The first-order valence-corrected chi connectivity index (χ1v) is 41.8. The van der Waals surface area contributed by atoms with E-state index < -0.39 is 274 Å². The van der Waals surface area contributed by atoms with Crippen LogP contribution in [0.4, 0.5) is 0 Å². The first-order valence-electron chi connectivity index (χ1n) is 41.8. The molecule has 46 nitrogen and oxygen atoms in total. The van der Waals surface area contributed by atoms with Crippen LogP contribution in [0.2, 0.25) is 0 Å². The summed E-state index contributed by atoms with van der Waals surface area (Å²) in [5, 5.41) is 128. The number of ether oxygens (including phenoxy) is 1. The number of hydrogen-bond acceptors (Lipinski definition) is 27. The van der Waals surface area contributed by atoms with E-state index in [9.17, 15) is 137 Å².